The predicted molar refractivity (Wildman–Crippen MR) is 160 cm³/mol. The first-order valence-electron chi connectivity index (χ1n) is 15.1. The third kappa shape index (κ3) is 6.15. The lowest BCUT2D eigenvalue weighted by atomic mass is 9.90. The fraction of sp³-hybridized carbons (Fsp3) is 0.606. The van der Waals surface area contributed by atoms with Crippen LogP contribution in [0.1, 0.15) is 65.5 Å². The highest BCUT2D eigenvalue weighted by atomic mass is 16.2. The van der Waals surface area contributed by atoms with Gasteiger partial charge in [0.2, 0.25) is 23.5 Å². The minimum Gasteiger partial charge on any atom is -0.346 e. The quantitative estimate of drug-likeness (QED) is 0.275. The van der Waals surface area contributed by atoms with Gasteiger partial charge in [-0.2, -0.15) is 0 Å². The Hall–Kier alpha value is -3.49. The van der Waals surface area contributed by atoms with Crippen molar-refractivity contribution in [3.8, 4) is 0 Å². The number of piperidine rings is 1. The molecule has 3 aliphatic rings. The number of fused-ring (bicyclic) bond motifs is 2. The van der Waals surface area contributed by atoms with Gasteiger partial charge in [0.25, 0.3) is 5.91 Å². The van der Waals surface area contributed by atoms with Crippen LogP contribution in [-0.2, 0) is 36.8 Å². The van der Waals surface area contributed by atoms with Gasteiger partial charge in [0, 0.05) is 18.5 Å². The maximum atomic E-state index is 14.4. The molecule has 1 heterocycles. The number of Topliss-reactive ketones (excluding diaryl/α,β-unsaturated/α-hetero) is 1. The van der Waals surface area contributed by atoms with Gasteiger partial charge >= 0.3 is 0 Å². The van der Waals surface area contributed by atoms with Crippen LogP contribution in [0, 0.1) is 28.6 Å². The molecule has 228 valence electrons. The summed E-state index contributed by atoms with van der Waals surface area (Å²) in [5.41, 5.74) is 1.50. The largest absolute Gasteiger partial charge is 0.346 e. The molecule has 5 atom stereocenters. The average Bonchev–Trinajstić information content (AvgIpc) is 3.31. The lowest BCUT2D eigenvalue weighted by Gasteiger charge is -2.36. The standard InChI is InChI=1S/C33H46N4O5/c1-8-12-23(27(38)29(40)34-15-9-2)35-28(39)26-24-22(33(24,6)7)18-37(26)30(41)25(36-31(42)32(3,4)5)21-16-19-13-10-11-14-20(19)17-21/h9-11,13-14,21-26H,2,8,12,15-18H2,1,3-7H3,(H,34,40)(H,35,39)(H,36,42)/t22?,23?,24?,25-,26-/m0/s1. The van der Waals surface area contributed by atoms with Gasteiger partial charge in [0.15, 0.2) is 0 Å². The van der Waals surface area contributed by atoms with Gasteiger partial charge in [0.1, 0.15) is 12.1 Å². The minimum atomic E-state index is -0.995. The zero-order valence-electron chi connectivity index (χ0n) is 25.8. The first kappa shape index (κ1) is 31.4. The predicted octanol–water partition coefficient (Wildman–Crippen LogP) is 2.57. The van der Waals surface area contributed by atoms with Crippen molar-refractivity contribution in [1.29, 1.82) is 0 Å². The molecule has 3 unspecified atom stereocenters. The molecule has 4 amide bonds. The minimum absolute atomic E-state index is 0.0758. The summed E-state index contributed by atoms with van der Waals surface area (Å²) in [7, 11) is 0. The van der Waals surface area contributed by atoms with Crippen LogP contribution >= 0.6 is 0 Å². The van der Waals surface area contributed by atoms with E-state index in [0.29, 0.717) is 32.2 Å². The molecular weight excluding hydrogens is 532 g/mol. The molecule has 1 aromatic rings. The zero-order chi connectivity index (χ0) is 31.0. The molecule has 2 aliphatic carbocycles. The van der Waals surface area contributed by atoms with E-state index in [9.17, 15) is 24.0 Å². The molecule has 0 bridgehead atoms. The third-order valence-corrected chi connectivity index (χ3v) is 9.39. The average molecular weight is 579 g/mol. The molecule has 3 N–H and O–H groups in total. The molecule has 42 heavy (non-hydrogen) atoms. The van der Waals surface area contributed by atoms with Crippen molar-refractivity contribution in [3.63, 3.8) is 0 Å². The second-order valence-electron chi connectivity index (χ2n) is 13.7. The van der Waals surface area contributed by atoms with Crippen LogP contribution in [0.25, 0.3) is 0 Å². The molecule has 9 heteroatoms. The Labute approximate surface area is 249 Å². The summed E-state index contributed by atoms with van der Waals surface area (Å²) in [6.07, 6.45) is 3.68. The summed E-state index contributed by atoms with van der Waals surface area (Å²) in [5, 5.41) is 8.38. The molecule has 2 fully saturated rings. The van der Waals surface area contributed by atoms with E-state index in [1.165, 1.54) is 17.2 Å². The maximum absolute atomic E-state index is 14.4. The van der Waals surface area contributed by atoms with E-state index in [4.69, 9.17) is 0 Å². The maximum Gasteiger partial charge on any atom is 0.289 e. The van der Waals surface area contributed by atoms with E-state index in [0.717, 1.165) is 0 Å². The number of rotatable bonds is 11. The SMILES string of the molecule is C=CCNC(=O)C(=O)C(CCC)NC(=O)[C@@H]1C2C(CN1C(=O)[C@@H](NC(=O)C(C)(C)C)C1Cc3ccccc3C1)C2(C)C. The molecular formula is C33H46N4O5. The van der Waals surface area contributed by atoms with Crippen molar-refractivity contribution < 1.29 is 24.0 Å². The van der Waals surface area contributed by atoms with E-state index < -0.39 is 41.1 Å². The number of nitrogens with zero attached hydrogens (tertiary/aromatic N) is 1. The normalized spacial score (nSPS) is 23.7. The molecule has 0 radical (unpaired) electrons. The Morgan fingerprint density at radius 3 is 2.24 bits per heavy atom. The first-order valence-corrected chi connectivity index (χ1v) is 15.1. The summed E-state index contributed by atoms with van der Waals surface area (Å²) in [4.78, 5) is 68.5. The highest BCUT2D eigenvalue weighted by molar-refractivity contribution is 6.38. The summed E-state index contributed by atoms with van der Waals surface area (Å²) < 4.78 is 0. The van der Waals surface area contributed by atoms with Gasteiger partial charge in [-0.3, -0.25) is 24.0 Å². The molecule has 0 spiro atoms. The number of likely N-dealkylation sites (tertiary alicyclic amines) is 1. The zero-order valence-corrected chi connectivity index (χ0v) is 25.8. The molecule has 4 rings (SSSR count). The topological polar surface area (TPSA) is 125 Å². The van der Waals surface area contributed by atoms with Gasteiger partial charge in [-0.05, 0) is 53.6 Å². The lowest BCUT2D eigenvalue weighted by molar-refractivity contribution is -0.146. The number of carbonyl (C=O) groups is 5. The fourth-order valence-corrected chi connectivity index (χ4v) is 6.78. The van der Waals surface area contributed by atoms with Gasteiger partial charge < -0.3 is 20.9 Å². The summed E-state index contributed by atoms with van der Waals surface area (Å²) in [5.74, 6) is -2.49. The van der Waals surface area contributed by atoms with E-state index in [1.807, 2.05) is 39.8 Å². The second kappa shape index (κ2) is 12.0. The summed E-state index contributed by atoms with van der Waals surface area (Å²) >= 11 is 0. The third-order valence-electron chi connectivity index (χ3n) is 9.39. The van der Waals surface area contributed by atoms with E-state index >= 15 is 0 Å². The van der Waals surface area contributed by atoms with Crippen molar-refractivity contribution in [3.05, 3.63) is 48.0 Å². The number of hydrogen-bond acceptors (Lipinski definition) is 5. The highest BCUT2D eigenvalue weighted by Gasteiger charge is 2.69. The van der Waals surface area contributed by atoms with E-state index in [-0.39, 0.29) is 41.5 Å². The van der Waals surface area contributed by atoms with Crippen molar-refractivity contribution in [1.82, 2.24) is 20.9 Å². The Kier molecular flexibility index (Phi) is 9.00. The number of amides is 4. The molecule has 9 nitrogen and oxygen atoms in total. The first-order chi connectivity index (χ1) is 19.7. The molecule has 0 aromatic heterocycles. The van der Waals surface area contributed by atoms with Crippen LogP contribution in [0.5, 0.6) is 0 Å². The van der Waals surface area contributed by atoms with Crippen molar-refractivity contribution in [2.24, 2.45) is 28.6 Å². The highest BCUT2D eigenvalue weighted by Crippen LogP contribution is 2.65. The number of hydrogen-bond donors (Lipinski definition) is 3. The Balaban J connectivity index is 1.59. The Morgan fingerprint density at radius 1 is 1.07 bits per heavy atom. The lowest BCUT2D eigenvalue weighted by Crippen LogP contribution is -2.60. The van der Waals surface area contributed by atoms with Crippen molar-refractivity contribution in [2.75, 3.05) is 13.1 Å². The van der Waals surface area contributed by atoms with Gasteiger partial charge in [-0.1, -0.05) is 78.3 Å². The van der Waals surface area contributed by atoms with Crippen molar-refractivity contribution >= 4 is 29.4 Å². The monoisotopic (exact) mass is 578 g/mol. The molecule has 1 saturated heterocycles. The van der Waals surface area contributed by atoms with E-state index in [1.54, 1.807) is 4.90 Å². The second-order valence-corrected chi connectivity index (χ2v) is 13.7. The van der Waals surface area contributed by atoms with Gasteiger partial charge in [-0.15, -0.1) is 6.58 Å². The Bertz CT molecular complexity index is 1240. The molecule has 1 aliphatic heterocycles. The fourth-order valence-electron chi connectivity index (χ4n) is 6.78. The summed E-state index contributed by atoms with van der Waals surface area (Å²) in [6, 6.07) is 5.49. The number of ketones is 1. The van der Waals surface area contributed by atoms with Crippen LogP contribution in [0.15, 0.2) is 36.9 Å². The van der Waals surface area contributed by atoms with Gasteiger partial charge in [0.05, 0.1) is 6.04 Å². The van der Waals surface area contributed by atoms with Crippen LogP contribution in [0.2, 0.25) is 0 Å². The Morgan fingerprint density at radius 2 is 1.69 bits per heavy atom. The smallest absolute Gasteiger partial charge is 0.289 e. The summed E-state index contributed by atoms with van der Waals surface area (Å²) in [6.45, 7) is 15.6. The molecule has 1 aromatic carbocycles. The van der Waals surface area contributed by atoms with E-state index in [2.05, 4.69) is 48.5 Å². The van der Waals surface area contributed by atoms with Crippen LogP contribution in [0.3, 0.4) is 0 Å². The van der Waals surface area contributed by atoms with Gasteiger partial charge in [-0.25, -0.2) is 0 Å². The van der Waals surface area contributed by atoms with Crippen LogP contribution in [-0.4, -0.2) is 65.5 Å². The number of nitrogens with one attached hydrogen (secondary N) is 3. The van der Waals surface area contributed by atoms with Crippen molar-refractivity contribution in [2.45, 2.75) is 85.4 Å². The number of benzene rings is 1. The number of carbonyl (C=O) groups excluding carboxylic acids is 5. The van der Waals surface area contributed by atoms with Crippen LogP contribution in [0.4, 0.5) is 0 Å². The van der Waals surface area contributed by atoms with Crippen LogP contribution < -0.4 is 16.0 Å². The molecule has 1 saturated carbocycles.